The van der Waals surface area contributed by atoms with E-state index in [0.29, 0.717) is 26.3 Å². The molecular weight excluding hydrogens is 362 g/mol. The number of nitrogens with one attached hydrogen (secondary N) is 1. The molecule has 0 radical (unpaired) electrons. The first kappa shape index (κ1) is 19.5. The SMILES string of the molecule is C[C@@](O)(CNCc1cccc2c1OCCO2)C(c1ccccc1)c1ccccc1. The molecule has 1 heterocycles. The van der Waals surface area contributed by atoms with Gasteiger partial charge in [-0.3, -0.25) is 0 Å². The lowest BCUT2D eigenvalue weighted by atomic mass is 9.78. The molecule has 0 unspecified atom stereocenters. The van der Waals surface area contributed by atoms with Gasteiger partial charge in [0.15, 0.2) is 11.5 Å². The zero-order valence-corrected chi connectivity index (χ0v) is 16.7. The first-order valence-corrected chi connectivity index (χ1v) is 10.1. The van der Waals surface area contributed by atoms with Gasteiger partial charge in [0.2, 0.25) is 0 Å². The summed E-state index contributed by atoms with van der Waals surface area (Å²) in [7, 11) is 0. The van der Waals surface area contributed by atoms with Gasteiger partial charge < -0.3 is 19.9 Å². The van der Waals surface area contributed by atoms with Crippen molar-refractivity contribution in [3.8, 4) is 11.5 Å². The zero-order valence-electron chi connectivity index (χ0n) is 16.7. The summed E-state index contributed by atoms with van der Waals surface area (Å²) in [6.45, 7) is 4.07. The van der Waals surface area contributed by atoms with E-state index in [-0.39, 0.29) is 5.92 Å². The fourth-order valence-electron chi connectivity index (χ4n) is 4.03. The molecule has 0 aromatic heterocycles. The molecule has 150 valence electrons. The van der Waals surface area contributed by atoms with Gasteiger partial charge in [0.25, 0.3) is 0 Å². The summed E-state index contributed by atoms with van der Waals surface area (Å²) >= 11 is 0. The molecule has 0 saturated heterocycles. The van der Waals surface area contributed by atoms with Crippen LogP contribution in [0.1, 0.15) is 29.5 Å². The predicted octanol–water partition coefficient (Wildman–Crippen LogP) is 4.13. The summed E-state index contributed by atoms with van der Waals surface area (Å²) in [4.78, 5) is 0. The molecule has 1 aliphatic heterocycles. The van der Waals surface area contributed by atoms with Gasteiger partial charge in [-0.15, -0.1) is 0 Å². The lowest BCUT2D eigenvalue weighted by Crippen LogP contribution is -2.43. The molecule has 29 heavy (non-hydrogen) atoms. The molecule has 0 aliphatic carbocycles. The summed E-state index contributed by atoms with van der Waals surface area (Å²) in [6.07, 6.45) is 0. The maximum atomic E-state index is 11.5. The standard InChI is InChI=1S/C25H27NO3/c1-25(27,18-26-17-21-13-8-14-22-24(21)29-16-15-28-22)23(19-9-4-2-5-10-19)20-11-6-3-7-12-20/h2-14,23,26-27H,15-18H2,1H3/t25-/m1/s1. The van der Waals surface area contributed by atoms with Crippen LogP contribution in [0.25, 0.3) is 0 Å². The normalized spacial score (nSPS) is 15.1. The summed E-state index contributed by atoms with van der Waals surface area (Å²) < 4.78 is 11.5. The number of aliphatic hydroxyl groups is 1. The molecule has 1 aliphatic rings. The van der Waals surface area contributed by atoms with E-state index in [1.807, 2.05) is 61.5 Å². The van der Waals surface area contributed by atoms with Crippen molar-refractivity contribution >= 4 is 0 Å². The van der Waals surface area contributed by atoms with Gasteiger partial charge in [-0.25, -0.2) is 0 Å². The molecule has 1 atom stereocenters. The molecule has 4 nitrogen and oxygen atoms in total. The van der Waals surface area contributed by atoms with Crippen LogP contribution in [0.4, 0.5) is 0 Å². The molecule has 0 bridgehead atoms. The summed E-state index contributed by atoms with van der Waals surface area (Å²) in [5, 5.41) is 14.9. The third-order valence-electron chi connectivity index (χ3n) is 5.33. The largest absolute Gasteiger partial charge is 0.486 e. The minimum atomic E-state index is -0.977. The highest BCUT2D eigenvalue weighted by molar-refractivity contribution is 5.47. The Bertz CT molecular complexity index is 886. The Morgan fingerprint density at radius 3 is 2.14 bits per heavy atom. The van der Waals surface area contributed by atoms with Crippen molar-refractivity contribution in [3.63, 3.8) is 0 Å². The quantitative estimate of drug-likeness (QED) is 0.638. The number of benzene rings is 3. The molecule has 4 heteroatoms. The van der Waals surface area contributed by atoms with Crippen LogP contribution in [-0.2, 0) is 6.54 Å². The van der Waals surface area contributed by atoms with Gasteiger partial charge in [-0.2, -0.15) is 0 Å². The average molecular weight is 389 g/mol. The third-order valence-corrected chi connectivity index (χ3v) is 5.33. The van der Waals surface area contributed by atoms with Crippen molar-refractivity contribution in [2.24, 2.45) is 0 Å². The number of ether oxygens (including phenoxy) is 2. The van der Waals surface area contributed by atoms with Crippen LogP contribution < -0.4 is 14.8 Å². The van der Waals surface area contributed by atoms with Crippen LogP contribution in [0.5, 0.6) is 11.5 Å². The highest BCUT2D eigenvalue weighted by Crippen LogP contribution is 2.36. The molecule has 2 N–H and O–H groups in total. The van der Waals surface area contributed by atoms with Gasteiger partial charge in [0.1, 0.15) is 13.2 Å². The van der Waals surface area contributed by atoms with Crippen molar-refractivity contribution in [3.05, 3.63) is 95.6 Å². The molecule has 4 rings (SSSR count). The van der Waals surface area contributed by atoms with Gasteiger partial charge in [-0.05, 0) is 24.1 Å². The lowest BCUT2D eigenvalue weighted by Gasteiger charge is -2.34. The molecule has 3 aromatic carbocycles. The Kier molecular flexibility index (Phi) is 5.84. The Hall–Kier alpha value is -2.82. The zero-order chi connectivity index (χ0) is 20.1. The summed E-state index contributed by atoms with van der Waals surface area (Å²) in [6, 6.07) is 26.3. The number of rotatable bonds is 7. The van der Waals surface area contributed by atoms with Crippen molar-refractivity contribution in [1.82, 2.24) is 5.32 Å². The van der Waals surface area contributed by atoms with Crippen LogP contribution in [0.2, 0.25) is 0 Å². The highest BCUT2D eigenvalue weighted by atomic mass is 16.6. The van der Waals surface area contributed by atoms with Crippen molar-refractivity contribution in [2.75, 3.05) is 19.8 Å². The lowest BCUT2D eigenvalue weighted by molar-refractivity contribution is 0.0424. The second kappa shape index (κ2) is 8.68. The summed E-state index contributed by atoms with van der Waals surface area (Å²) in [5.41, 5.74) is 2.25. The molecular formula is C25H27NO3. The molecule has 0 fully saturated rings. The molecule has 3 aromatic rings. The highest BCUT2D eigenvalue weighted by Gasteiger charge is 2.34. The second-order valence-electron chi connectivity index (χ2n) is 7.66. The van der Waals surface area contributed by atoms with E-state index in [1.54, 1.807) is 0 Å². The molecule has 0 amide bonds. The fraction of sp³-hybridized carbons (Fsp3) is 0.280. The molecule has 0 saturated carbocycles. The fourth-order valence-corrected chi connectivity index (χ4v) is 4.03. The van der Waals surface area contributed by atoms with E-state index < -0.39 is 5.60 Å². The number of hydrogen-bond acceptors (Lipinski definition) is 4. The monoisotopic (exact) mass is 389 g/mol. The van der Waals surface area contributed by atoms with Gasteiger partial charge in [0.05, 0.1) is 5.60 Å². The van der Waals surface area contributed by atoms with E-state index in [9.17, 15) is 5.11 Å². The first-order chi connectivity index (χ1) is 14.1. The van der Waals surface area contributed by atoms with Crippen molar-refractivity contribution in [1.29, 1.82) is 0 Å². The van der Waals surface area contributed by atoms with Crippen LogP contribution in [-0.4, -0.2) is 30.5 Å². The van der Waals surface area contributed by atoms with E-state index in [4.69, 9.17) is 9.47 Å². The topological polar surface area (TPSA) is 50.7 Å². The number of hydrogen-bond donors (Lipinski definition) is 2. The minimum absolute atomic E-state index is 0.137. The predicted molar refractivity (Wildman–Crippen MR) is 114 cm³/mol. The Labute approximate surface area is 172 Å². The number of para-hydroxylation sites is 1. The Balaban J connectivity index is 1.52. The van der Waals surface area contributed by atoms with Crippen LogP contribution in [0.3, 0.4) is 0 Å². The Morgan fingerprint density at radius 2 is 1.48 bits per heavy atom. The van der Waals surface area contributed by atoms with E-state index >= 15 is 0 Å². The van der Waals surface area contributed by atoms with Crippen molar-refractivity contribution in [2.45, 2.75) is 25.0 Å². The first-order valence-electron chi connectivity index (χ1n) is 10.1. The van der Waals surface area contributed by atoms with Crippen LogP contribution in [0, 0.1) is 0 Å². The smallest absolute Gasteiger partial charge is 0.165 e. The van der Waals surface area contributed by atoms with Gasteiger partial charge >= 0.3 is 0 Å². The minimum Gasteiger partial charge on any atom is -0.486 e. The summed E-state index contributed by atoms with van der Waals surface area (Å²) in [5.74, 6) is 1.45. The van der Waals surface area contributed by atoms with Gasteiger partial charge in [-0.1, -0.05) is 72.8 Å². The average Bonchev–Trinajstić information content (AvgIpc) is 2.75. The van der Waals surface area contributed by atoms with Crippen LogP contribution >= 0.6 is 0 Å². The van der Waals surface area contributed by atoms with Crippen molar-refractivity contribution < 1.29 is 14.6 Å². The van der Waals surface area contributed by atoms with E-state index in [0.717, 1.165) is 28.2 Å². The third kappa shape index (κ3) is 4.44. The number of fused-ring (bicyclic) bond motifs is 1. The maximum Gasteiger partial charge on any atom is 0.165 e. The molecule has 0 spiro atoms. The second-order valence-corrected chi connectivity index (χ2v) is 7.66. The van der Waals surface area contributed by atoms with Crippen LogP contribution in [0.15, 0.2) is 78.9 Å². The van der Waals surface area contributed by atoms with Gasteiger partial charge in [0, 0.05) is 24.6 Å². The van der Waals surface area contributed by atoms with E-state index in [1.165, 1.54) is 0 Å². The maximum absolute atomic E-state index is 11.5. The van der Waals surface area contributed by atoms with E-state index in [2.05, 4.69) is 29.6 Å². The Morgan fingerprint density at radius 1 is 0.862 bits per heavy atom.